The van der Waals surface area contributed by atoms with Crippen LogP contribution in [-0.4, -0.2) is 57.2 Å². The Hall–Kier alpha value is -4.01. The summed E-state index contributed by atoms with van der Waals surface area (Å²) in [5.41, 5.74) is 6.41. The highest BCUT2D eigenvalue weighted by Gasteiger charge is 2.38. The number of fused-ring (bicyclic) bond motifs is 1. The maximum Gasteiger partial charge on any atom is 0.272 e. The topological polar surface area (TPSA) is 78.7 Å². The Bertz CT molecular complexity index is 1510. The third kappa shape index (κ3) is 5.76. The molecule has 0 saturated carbocycles. The number of amides is 1. The lowest BCUT2D eigenvalue weighted by Crippen LogP contribution is -2.45. The van der Waals surface area contributed by atoms with Crippen LogP contribution in [0.3, 0.4) is 0 Å². The average molecular weight is 553 g/mol. The van der Waals surface area contributed by atoms with Crippen molar-refractivity contribution in [1.82, 2.24) is 19.7 Å². The molecule has 1 unspecified atom stereocenters. The molecule has 0 radical (unpaired) electrons. The van der Waals surface area contributed by atoms with Crippen molar-refractivity contribution in [2.24, 2.45) is 0 Å². The maximum absolute atomic E-state index is 13.9. The van der Waals surface area contributed by atoms with E-state index in [-0.39, 0.29) is 12.0 Å². The molecular weight excluding hydrogens is 516 g/mol. The third-order valence-electron chi connectivity index (χ3n) is 7.66. The zero-order valence-corrected chi connectivity index (χ0v) is 24.0. The molecule has 0 bridgehead atoms. The molecule has 4 heterocycles. The number of carbonyl (C=O) groups excluding carboxylic acids is 1. The molecule has 8 nitrogen and oxygen atoms in total. The molecule has 212 valence electrons. The first kappa shape index (κ1) is 27.2. The normalized spacial score (nSPS) is 18.1. The molecule has 2 aromatic carbocycles. The number of hydrogen-bond acceptors (Lipinski definition) is 6. The van der Waals surface area contributed by atoms with E-state index in [0.29, 0.717) is 44.5 Å². The smallest absolute Gasteiger partial charge is 0.272 e. The van der Waals surface area contributed by atoms with E-state index in [1.54, 1.807) is 12.4 Å². The Morgan fingerprint density at radius 3 is 2.37 bits per heavy atom. The molecule has 0 N–H and O–H groups in total. The van der Waals surface area contributed by atoms with Crippen molar-refractivity contribution in [2.45, 2.75) is 58.7 Å². The van der Waals surface area contributed by atoms with Crippen LogP contribution in [0.1, 0.15) is 55.2 Å². The summed E-state index contributed by atoms with van der Waals surface area (Å²) in [6.45, 7) is 10.8. The summed E-state index contributed by atoms with van der Waals surface area (Å²) in [7, 11) is 0. The van der Waals surface area contributed by atoms with Gasteiger partial charge in [0.05, 0.1) is 13.2 Å². The highest BCUT2D eigenvalue weighted by atomic mass is 16.7. The van der Waals surface area contributed by atoms with Crippen LogP contribution < -0.4 is 4.74 Å². The molecule has 2 aliphatic heterocycles. The van der Waals surface area contributed by atoms with Gasteiger partial charge >= 0.3 is 0 Å². The minimum atomic E-state index is -0.633. The number of aromatic nitrogens is 3. The minimum absolute atomic E-state index is 0.0578. The molecule has 2 aliphatic rings. The zero-order valence-electron chi connectivity index (χ0n) is 24.0. The van der Waals surface area contributed by atoms with Gasteiger partial charge < -0.3 is 19.1 Å². The number of carbonyl (C=O) groups is 1. The Labute approximate surface area is 240 Å². The van der Waals surface area contributed by atoms with Crippen LogP contribution in [0.4, 0.5) is 0 Å². The van der Waals surface area contributed by atoms with Crippen molar-refractivity contribution in [3.63, 3.8) is 0 Å². The van der Waals surface area contributed by atoms with E-state index in [1.807, 2.05) is 59.8 Å². The van der Waals surface area contributed by atoms with Crippen LogP contribution in [0.15, 0.2) is 73.1 Å². The van der Waals surface area contributed by atoms with E-state index in [4.69, 9.17) is 19.3 Å². The molecule has 1 atom stereocenters. The highest BCUT2D eigenvalue weighted by molar-refractivity contribution is 6.03. The first-order valence-electron chi connectivity index (χ1n) is 14.2. The van der Waals surface area contributed by atoms with Gasteiger partial charge in [-0.15, -0.1) is 0 Å². The molecule has 8 heteroatoms. The van der Waals surface area contributed by atoms with Crippen molar-refractivity contribution >= 4 is 5.91 Å². The number of hydrogen-bond donors (Lipinski definition) is 0. The SMILES string of the molecule is CC(C)c1ccc(COc2ccc(-c3c(-c4ccncc4)nn4c3C(=O)N(CC3COC(C)(C)O3)CC4)cc2)cc1. The monoisotopic (exact) mass is 552 g/mol. The van der Waals surface area contributed by atoms with Crippen molar-refractivity contribution in [1.29, 1.82) is 0 Å². The van der Waals surface area contributed by atoms with Crippen LogP contribution in [0.5, 0.6) is 5.75 Å². The number of pyridine rings is 1. The Morgan fingerprint density at radius 2 is 1.71 bits per heavy atom. The zero-order chi connectivity index (χ0) is 28.6. The molecular formula is C33H36N4O4. The van der Waals surface area contributed by atoms with E-state index in [0.717, 1.165) is 33.7 Å². The van der Waals surface area contributed by atoms with E-state index in [2.05, 4.69) is 43.1 Å². The fourth-order valence-electron chi connectivity index (χ4n) is 5.45. The summed E-state index contributed by atoms with van der Waals surface area (Å²) < 4.78 is 19.7. The summed E-state index contributed by atoms with van der Waals surface area (Å²) in [5, 5.41) is 4.91. The van der Waals surface area contributed by atoms with Crippen molar-refractivity contribution < 1.29 is 19.0 Å². The standard InChI is InChI=1S/C33H36N4O4/c1-22(2)24-7-5-23(6-8-24)20-39-27-11-9-25(10-12-27)29-30(26-13-15-34-16-14-26)35-37-18-17-36(32(38)31(29)37)19-28-21-40-33(3,4)41-28/h5-16,22,28H,17-21H2,1-4H3. The van der Waals surface area contributed by atoms with Gasteiger partial charge in [0.2, 0.25) is 0 Å². The maximum atomic E-state index is 13.9. The average Bonchev–Trinajstić information content (AvgIpc) is 3.54. The van der Waals surface area contributed by atoms with Gasteiger partial charge in [0, 0.05) is 36.6 Å². The van der Waals surface area contributed by atoms with Crippen LogP contribution in [0.2, 0.25) is 0 Å². The first-order valence-corrected chi connectivity index (χ1v) is 14.2. The molecule has 1 amide bonds. The van der Waals surface area contributed by atoms with Crippen LogP contribution in [0, 0.1) is 0 Å². The molecule has 4 aromatic rings. The predicted octanol–water partition coefficient (Wildman–Crippen LogP) is 5.92. The van der Waals surface area contributed by atoms with Crippen LogP contribution in [0.25, 0.3) is 22.4 Å². The summed E-state index contributed by atoms with van der Waals surface area (Å²) in [5.74, 6) is 0.576. The van der Waals surface area contributed by atoms with Gasteiger partial charge in [-0.25, -0.2) is 0 Å². The van der Waals surface area contributed by atoms with Crippen molar-refractivity contribution in [2.75, 3.05) is 19.7 Å². The Balaban J connectivity index is 1.27. The van der Waals surface area contributed by atoms with Gasteiger partial charge in [0.15, 0.2) is 5.79 Å². The third-order valence-corrected chi connectivity index (χ3v) is 7.66. The fourth-order valence-corrected chi connectivity index (χ4v) is 5.45. The van der Waals surface area contributed by atoms with Gasteiger partial charge in [-0.1, -0.05) is 50.2 Å². The van der Waals surface area contributed by atoms with E-state index in [1.165, 1.54) is 5.56 Å². The lowest BCUT2D eigenvalue weighted by molar-refractivity contribution is -0.139. The molecule has 2 aromatic heterocycles. The second-order valence-electron chi connectivity index (χ2n) is 11.4. The lowest BCUT2D eigenvalue weighted by Gasteiger charge is -2.30. The molecule has 1 fully saturated rings. The fraction of sp³-hybridized carbons (Fsp3) is 0.364. The number of benzene rings is 2. The van der Waals surface area contributed by atoms with Gasteiger partial charge in [-0.05, 0) is 60.7 Å². The van der Waals surface area contributed by atoms with Crippen LogP contribution >= 0.6 is 0 Å². The van der Waals surface area contributed by atoms with E-state index in [9.17, 15) is 4.79 Å². The largest absolute Gasteiger partial charge is 0.489 e. The Morgan fingerprint density at radius 1 is 0.976 bits per heavy atom. The number of ether oxygens (including phenoxy) is 3. The quantitative estimate of drug-likeness (QED) is 0.270. The number of nitrogens with zero attached hydrogens (tertiary/aromatic N) is 4. The first-order chi connectivity index (χ1) is 19.8. The van der Waals surface area contributed by atoms with E-state index >= 15 is 0 Å². The summed E-state index contributed by atoms with van der Waals surface area (Å²) in [6, 6.07) is 20.3. The van der Waals surface area contributed by atoms with Gasteiger partial charge in [-0.2, -0.15) is 5.10 Å². The summed E-state index contributed by atoms with van der Waals surface area (Å²) >= 11 is 0. The second kappa shape index (κ2) is 11.1. The van der Waals surface area contributed by atoms with Gasteiger partial charge in [-0.3, -0.25) is 14.5 Å². The predicted molar refractivity (Wildman–Crippen MR) is 157 cm³/mol. The van der Waals surface area contributed by atoms with E-state index < -0.39 is 5.79 Å². The lowest BCUT2D eigenvalue weighted by atomic mass is 9.98. The molecule has 0 aliphatic carbocycles. The molecule has 0 spiro atoms. The highest BCUT2D eigenvalue weighted by Crippen LogP contribution is 2.37. The van der Waals surface area contributed by atoms with Crippen molar-refractivity contribution in [3.05, 3.63) is 89.9 Å². The van der Waals surface area contributed by atoms with Gasteiger partial charge in [0.1, 0.15) is 29.8 Å². The molecule has 1 saturated heterocycles. The molecule has 6 rings (SSSR count). The van der Waals surface area contributed by atoms with Crippen molar-refractivity contribution in [3.8, 4) is 28.1 Å². The minimum Gasteiger partial charge on any atom is -0.489 e. The summed E-state index contributed by atoms with van der Waals surface area (Å²) in [6.07, 6.45) is 3.33. The second-order valence-corrected chi connectivity index (χ2v) is 11.4. The summed E-state index contributed by atoms with van der Waals surface area (Å²) in [4.78, 5) is 20.0. The Kier molecular flexibility index (Phi) is 7.36. The number of rotatable bonds is 8. The molecule has 41 heavy (non-hydrogen) atoms. The van der Waals surface area contributed by atoms with Gasteiger partial charge in [0.25, 0.3) is 5.91 Å². The van der Waals surface area contributed by atoms with Crippen LogP contribution in [-0.2, 0) is 22.6 Å².